The first-order chi connectivity index (χ1) is 6.57. The van der Waals surface area contributed by atoms with Crippen molar-refractivity contribution in [1.82, 2.24) is 0 Å². The van der Waals surface area contributed by atoms with Crippen LogP contribution in [0.25, 0.3) is 0 Å². The van der Waals surface area contributed by atoms with Crippen LogP contribution in [0.4, 0.5) is 0 Å². The number of nitrogens with two attached hydrogens (primary N) is 1. The van der Waals surface area contributed by atoms with E-state index in [2.05, 4.69) is 44.4 Å². The minimum Gasteiger partial charge on any atom is -0.327 e. The summed E-state index contributed by atoms with van der Waals surface area (Å²) >= 11 is 1.78. The predicted molar refractivity (Wildman–Crippen MR) is 62.7 cm³/mol. The first-order valence-electron chi connectivity index (χ1n) is 4.97. The molecule has 1 aromatic carbocycles. The molecule has 0 heterocycles. The Balaban J connectivity index is 2.20. The van der Waals surface area contributed by atoms with Gasteiger partial charge in [-0.25, -0.2) is 0 Å². The number of hydrogen-bond donors (Lipinski definition) is 1. The SMILES string of the molecule is CSc1ccc([C@@H]2[C@@H](N)C2(C)C)cc1. The van der Waals surface area contributed by atoms with Crippen LogP contribution in [0.1, 0.15) is 25.3 Å². The van der Waals surface area contributed by atoms with Crippen molar-refractivity contribution in [2.24, 2.45) is 11.1 Å². The van der Waals surface area contributed by atoms with E-state index in [0.29, 0.717) is 17.4 Å². The van der Waals surface area contributed by atoms with E-state index in [-0.39, 0.29) is 0 Å². The van der Waals surface area contributed by atoms with Crippen LogP contribution in [0.5, 0.6) is 0 Å². The van der Waals surface area contributed by atoms with Gasteiger partial charge in [0, 0.05) is 16.9 Å². The molecule has 14 heavy (non-hydrogen) atoms. The van der Waals surface area contributed by atoms with Crippen LogP contribution in [0.2, 0.25) is 0 Å². The molecule has 0 bridgehead atoms. The largest absolute Gasteiger partial charge is 0.327 e. The lowest BCUT2D eigenvalue weighted by atomic mass is 10.0. The summed E-state index contributed by atoms with van der Waals surface area (Å²) in [6.45, 7) is 4.48. The second-order valence-corrected chi connectivity index (χ2v) is 5.48. The zero-order valence-electron chi connectivity index (χ0n) is 8.95. The maximum Gasteiger partial charge on any atom is 0.0172 e. The maximum atomic E-state index is 6.04. The fraction of sp³-hybridized carbons (Fsp3) is 0.500. The molecule has 0 spiro atoms. The fourth-order valence-electron chi connectivity index (χ4n) is 2.13. The molecular weight excluding hydrogens is 190 g/mol. The fourth-order valence-corrected chi connectivity index (χ4v) is 2.53. The molecule has 0 saturated heterocycles. The summed E-state index contributed by atoms with van der Waals surface area (Å²) in [5.41, 5.74) is 7.72. The molecule has 1 fully saturated rings. The lowest BCUT2D eigenvalue weighted by Gasteiger charge is -2.03. The lowest BCUT2D eigenvalue weighted by Crippen LogP contribution is -2.06. The van der Waals surface area contributed by atoms with Crippen LogP contribution >= 0.6 is 11.8 Å². The molecule has 1 aliphatic carbocycles. The van der Waals surface area contributed by atoms with E-state index in [9.17, 15) is 0 Å². The number of hydrogen-bond acceptors (Lipinski definition) is 2. The molecule has 2 N–H and O–H groups in total. The van der Waals surface area contributed by atoms with E-state index in [1.54, 1.807) is 11.8 Å². The Hall–Kier alpha value is -0.470. The monoisotopic (exact) mass is 207 g/mol. The second-order valence-electron chi connectivity index (χ2n) is 4.60. The predicted octanol–water partition coefficient (Wildman–Crippen LogP) is 2.86. The van der Waals surface area contributed by atoms with E-state index in [0.717, 1.165) is 0 Å². The lowest BCUT2D eigenvalue weighted by molar-refractivity contribution is 0.599. The van der Waals surface area contributed by atoms with E-state index in [4.69, 9.17) is 5.73 Å². The van der Waals surface area contributed by atoms with Crippen LogP contribution in [0, 0.1) is 5.41 Å². The number of thioether (sulfide) groups is 1. The summed E-state index contributed by atoms with van der Waals surface area (Å²) in [6.07, 6.45) is 2.10. The van der Waals surface area contributed by atoms with Crippen molar-refractivity contribution in [2.75, 3.05) is 6.26 Å². The molecule has 2 atom stereocenters. The summed E-state index contributed by atoms with van der Waals surface area (Å²) in [5.74, 6) is 0.554. The first-order valence-corrected chi connectivity index (χ1v) is 6.19. The molecule has 1 aromatic rings. The molecule has 0 aromatic heterocycles. The molecular formula is C12H17NS. The van der Waals surface area contributed by atoms with E-state index >= 15 is 0 Å². The third-order valence-corrected chi connectivity index (χ3v) is 4.13. The summed E-state index contributed by atoms with van der Waals surface area (Å²) in [6, 6.07) is 9.13. The van der Waals surface area contributed by atoms with E-state index < -0.39 is 0 Å². The highest BCUT2D eigenvalue weighted by molar-refractivity contribution is 7.98. The molecule has 2 heteroatoms. The van der Waals surface area contributed by atoms with Gasteiger partial charge in [0.15, 0.2) is 0 Å². The minimum absolute atomic E-state index is 0.293. The van der Waals surface area contributed by atoms with Gasteiger partial charge >= 0.3 is 0 Å². The third kappa shape index (κ3) is 1.47. The van der Waals surface area contributed by atoms with Crippen LogP contribution in [0.3, 0.4) is 0 Å². The van der Waals surface area contributed by atoms with Gasteiger partial charge in [-0.1, -0.05) is 26.0 Å². The van der Waals surface area contributed by atoms with Crippen LogP contribution < -0.4 is 5.73 Å². The zero-order chi connectivity index (χ0) is 10.3. The van der Waals surface area contributed by atoms with Crippen molar-refractivity contribution in [1.29, 1.82) is 0 Å². The average Bonchev–Trinajstić information content (AvgIpc) is 2.67. The Bertz CT molecular complexity index is 329. The highest BCUT2D eigenvalue weighted by Crippen LogP contribution is 2.57. The molecule has 0 amide bonds. The molecule has 0 unspecified atom stereocenters. The summed E-state index contributed by atoms with van der Waals surface area (Å²) < 4.78 is 0. The van der Waals surface area contributed by atoms with Crippen molar-refractivity contribution in [3.8, 4) is 0 Å². The van der Waals surface area contributed by atoms with Gasteiger partial charge in [-0.05, 0) is 29.4 Å². The summed E-state index contributed by atoms with van der Waals surface area (Å²) in [5, 5.41) is 0. The molecule has 0 aliphatic heterocycles. The molecule has 1 aliphatic rings. The molecule has 2 rings (SSSR count). The molecule has 1 nitrogen and oxygen atoms in total. The third-order valence-electron chi connectivity index (χ3n) is 3.39. The van der Waals surface area contributed by atoms with Crippen molar-refractivity contribution in [2.45, 2.75) is 30.7 Å². The van der Waals surface area contributed by atoms with Crippen molar-refractivity contribution < 1.29 is 0 Å². The number of rotatable bonds is 2. The van der Waals surface area contributed by atoms with Crippen LogP contribution in [0.15, 0.2) is 29.2 Å². The Kier molecular flexibility index (Phi) is 2.36. The normalized spacial score (nSPS) is 28.9. The van der Waals surface area contributed by atoms with Gasteiger partial charge < -0.3 is 5.73 Å². The van der Waals surface area contributed by atoms with Crippen molar-refractivity contribution in [3.05, 3.63) is 29.8 Å². The van der Waals surface area contributed by atoms with E-state index in [1.165, 1.54) is 10.5 Å². The molecule has 1 saturated carbocycles. The van der Waals surface area contributed by atoms with Gasteiger partial charge in [-0.3, -0.25) is 0 Å². The Morgan fingerprint density at radius 3 is 2.07 bits per heavy atom. The maximum absolute atomic E-state index is 6.04. The first kappa shape index (κ1) is 10.1. The van der Waals surface area contributed by atoms with Crippen molar-refractivity contribution in [3.63, 3.8) is 0 Å². The summed E-state index contributed by atoms with van der Waals surface area (Å²) in [4.78, 5) is 1.32. The second kappa shape index (κ2) is 3.28. The van der Waals surface area contributed by atoms with E-state index in [1.807, 2.05) is 0 Å². The van der Waals surface area contributed by atoms with Gasteiger partial charge in [-0.15, -0.1) is 11.8 Å². The Morgan fingerprint density at radius 2 is 1.71 bits per heavy atom. The quantitative estimate of drug-likeness (QED) is 0.755. The standard InChI is InChI=1S/C12H17NS/c1-12(2)10(11(12)13)8-4-6-9(14-3)7-5-8/h4-7,10-11H,13H2,1-3H3/t10-,11-/m1/s1. The van der Waals surface area contributed by atoms with Gasteiger partial charge in [-0.2, -0.15) is 0 Å². The van der Waals surface area contributed by atoms with Gasteiger partial charge in [0.25, 0.3) is 0 Å². The highest BCUT2D eigenvalue weighted by Gasteiger charge is 2.55. The van der Waals surface area contributed by atoms with Gasteiger partial charge in [0.05, 0.1) is 0 Å². The minimum atomic E-state index is 0.293. The summed E-state index contributed by atoms with van der Waals surface area (Å²) in [7, 11) is 0. The molecule has 76 valence electrons. The Labute approximate surface area is 90.1 Å². The molecule has 0 radical (unpaired) electrons. The highest BCUT2D eigenvalue weighted by atomic mass is 32.2. The van der Waals surface area contributed by atoms with Crippen molar-refractivity contribution >= 4 is 11.8 Å². The number of benzene rings is 1. The van der Waals surface area contributed by atoms with Crippen LogP contribution in [-0.4, -0.2) is 12.3 Å². The van der Waals surface area contributed by atoms with Gasteiger partial charge in [0.1, 0.15) is 0 Å². The topological polar surface area (TPSA) is 26.0 Å². The Morgan fingerprint density at radius 1 is 1.21 bits per heavy atom. The smallest absolute Gasteiger partial charge is 0.0172 e. The zero-order valence-corrected chi connectivity index (χ0v) is 9.77. The van der Waals surface area contributed by atoms with Gasteiger partial charge in [0.2, 0.25) is 0 Å². The van der Waals surface area contributed by atoms with Crippen LogP contribution in [-0.2, 0) is 0 Å². The average molecular weight is 207 g/mol.